The molecule has 2 N–H and O–H groups in total. The third-order valence-corrected chi connectivity index (χ3v) is 4.44. The van der Waals surface area contributed by atoms with Gasteiger partial charge in [-0.05, 0) is 25.7 Å². The fourth-order valence-corrected chi connectivity index (χ4v) is 2.94. The number of carbonyl (C=O) groups is 1. The van der Waals surface area contributed by atoms with E-state index in [0.29, 0.717) is 13.2 Å². The first-order valence-corrected chi connectivity index (χ1v) is 7.79. The number of aliphatic hydroxyl groups is 1. The zero-order chi connectivity index (χ0) is 18.0. The van der Waals surface area contributed by atoms with Crippen LogP contribution in [0.1, 0.15) is 32.0 Å². The Labute approximate surface area is 138 Å². The van der Waals surface area contributed by atoms with E-state index in [1.165, 1.54) is 13.2 Å². The van der Waals surface area contributed by atoms with Gasteiger partial charge in [-0.3, -0.25) is 4.79 Å². The number of alkyl halides is 3. The van der Waals surface area contributed by atoms with Gasteiger partial charge in [0.25, 0.3) is 0 Å². The van der Waals surface area contributed by atoms with Crippen molar-refractivity contribution < 1.29 is 27.8 Å². The van der Waals surface area contributed by atoms with Crippen LogP contribution in [-0.4, -0.2) is 46.0 Å². The highest BCUT2D eigenvalue weighted by Gasteiger charge is 2.58. The molecular weight excluding hydrogens is 327 g/mol. The Kier molecular flexibility index (Phi) is 5.54. The van der Waals surface area contributed by atoms with E-state index in [9.17, 15) is 23.1 Å². The van der Waals surface area contributed by atoms with E-state index in [4.69, 9.17) is 4.74 Å². The highest BCUT2D eigenvalue weighted by molar-refractivity contribution is 5.77. The summed E-state index contributed by atoms with van der Waals surface area (Å²) < 4.78 is 46.5. The summed E-state index contributed by atoms with van der Waals surface area (Å²) in [5.74, 6) is -1.32. The standard InChI is InChI=1S/C15H22F3N3O3/c1-10(11-3-7-24-8-4-11)20-12(22)9-14(23,15(16,17)18)13-19-5-6-21(13)2/h5-6,10-11,23H,3-4,7-9H2,1-2H3,(H,20,22). The predicted molar refractivity (Wildman–Crippen MR) is 78.9 cm³/mol. The maximum absolute atomic E-state index is 13.4. The molecule has 0 aliphatic carbocycles. The van der Waals surface area contributed by atoms with Crippen molar-refractivity contribution in [1.29, 1.82) is 0 Å². The number of halogens is 3. The molecule has 136 valence electrons. The second-order valence-corrected chi connectivity index (χ2v) is 6.20. The third-order valence-electron chi connectivity index (χ3n) is 4.44. The summed E-state index contributed by atoms with van der Waals surface area (Å²) in [7, 11) is 1.33. The third kappa shape index (κ3) is 3.89. The van der Waals surface area contributed by atoms with Gasteiger partial charge in [-0.2, -0.15) is 13.2 Å². The first-order valence-electron chi connectivity index (χ1n) is 7.79. The molecule has 1 aromatic rings. The molecule has 24 heavy (non-hydrogen) atoms. The highest BCUT2D eigenvalue weighted by Crippen LogP contribution is 2.40. The minimum Gasteiger partial charge on any atom is -0.381 e. The number of hydrogen-bond acceptors (Lipinski definition) is 4. The Morgan fingerprint density at radius 1 is 1.50 bits per heavy atom. The second-order valence-electron chi connectivity index (χ2n) is 6.20. The van der Waals surface area contributed by atoms with Gasteiger partial charge in [-0.1, -0.05) is 0 Å². The van der Waals surface area contributed by atoms with Crippen molar-refractivity contribution in [1.82, 2.24) is 14.9 Å². The van der Waals surface area contributed by atoms with Crippen LogP contribution in [0, 0.1) is 5.92 Å². The average Bonchev–Trinajstić information content (AvgIpc) is 2.93. The molecule has 1 fully saturated rings. The molecule has 2 atom stereocenters. The number of carbonyl (C=O) groups excluding carboxylic acids is 1. The van der Waals surface area contributed by atoms with Crippen molar-refractivity contribution in [3.8, 4) is 0 Å². The van der Waals surface area contributed by atoms with Crippen LogP contribution in [0.3, 0.4) is 0 Å². The number of nitrogens with zero attached hydrogens (tertiary/aromatic N) is 2. The van der Waals surface area contributed by atoms with E-state index in [0.717, 1.165) is 23.6 Å². The van der Waals surface area contributed by atoms with Crippen LogP contribution >= 0.6 is 0 Å². The molecule has 0 radical (unpaired) electrons. The lowest BCUT2D eigenvalue weighted by atomic mass is 9.92. The maximum atomic E-state index is 13.4. The Morgan fingerprint density at radius 2 is 2.12 bits per heavy atom. The number of imidazole rings is 1. The van der Waals surface area contributed by atoms with Crippen molar-refractivity contribution in [3.63, 3.8) is 0 Å². The Hall–Kier alpha value is -1.61. The van der Waals surface area contributed by atoms with E-state index in [1.807, 2.05) is 0 Å². The number of aryl methyl sites for hydroxylation is 1. The first-order chi connectivity index (χ1) is 11.1. The van der Waals surface area contributed by atoms with Gasteiger partial charge in [-0.15, -0.1) is 0 Å². The molecule has 1 aliphatic heterocycles. The fourth-order valence-electron chi connectivity index (χ4n) is 2.94. The molecule has 2 unspecified atom stereocenters. The summed E-state index contributed by atoms with van der Waals surface area (Å²) in [5, 5.41) is 12.8. The lowest BCUT2D eigenvalue weighted by Gasteiger charge is -2.32. The summed E-state index contributed by atoms with van der Waals surface area (Å²) in [4.78, 5) is 15.7. The van der Waals surface area contributed by atoms with E-state index >= 15 is 0 Å². The van der Waals surface area contributed by atoms with Crippen LogP contribution in [0.25, 0.3) is 0 Å². The second kappa shape index (κ2) is 7.10. The summed E-state index contributed by atoms with van der Waals surface area (Å²) in [6, 6.07) is -0.291. The van der Waals surface area contributed by atoms with Gasteiger partial charge in [-0.25, -0.2) is 4.98 Å². The Morgan fingerprint density at radius 3 is 2.62 bits per heavy atom. The van der Waals surface area contributed by atoms with Gasteiger partial charge >= 0.3 is 6.18 Å². The highest BCUT2D eigenvalue weighted by atomic mass is 19.4. The zero-order valence-electron chi connectivity index (χ0n) is 13.6. The van der Waals surface area contributed by atoms with Crippen LogP contribution in [0.15, 0.2) is 12.4 Å². The predicted octanol–water partition coefficient (Wildman–Crippen LogP) is 1.49. The molecule has 9 heteroatoms. The summed E-state index contributed by atoms with van der Waals surface area (Å²) >= 11 is 0. The van der Waals surface area contributed by atoms with E-state index in [2.05, 4.69) is 10.3 Å². The molecule has 0 aromatic carbocycles. The lowest BCUT2D eigenvalue weighted by Crippen LogP contribution is -2.49. The minimum atomic E-state index is -5.02. The van der Waals surface area contributed by atoms with Gasteiger partial charge < -0.3 is 19.7 Å². The van der Waals surface area contributed by atoms with Gasteiger partial charge in [0.15, 0.2) is 5.82 Å². The topological polar surface area (TPSA) is 76.4 Å². The van der Waals surface area contributed by atoms with Crippen molar-refractivity contribution in [3.05, 3.63) is 18.2 Å². The van der Waals surface area contributed by atoms with Crippen molar-refractivity contribution in [2.75, 3.05) is 13.2 Å². The summed E-state index contributed by atoms with van der Waals surface area (Å²) in [6.45, 7) is 2.90. The van der Waals surface area contributed by atoms with Gasteiger partial charge in [0.05, 0.1) is 6.42 Å². The van der Waals surface area contributed by atoms with Crippen LogP contribution in [-0.2, 0) is 22.2 Å². The maximum Gasteiger partial charge on any atom is 0.425 e. The molecule has 1 saturated heterocycles. The summed E-state index contributed by atoms with van der Waals surface area (Å²) in [5.41, 5.74) is -3.33. The molecule has 1 amide bonds. The molecule has 6 nitrogen and oxygen atoms in total. The summed E-state index contributed by atoms with van der Waals surface area (Å²) in [6.07, 6.45) is -2.24. The molecule has 1 aromatic heterocycles. The number of aromatic nitrogens is 2. The number of rotatable bonds is 5. The number of ether oxygens (including phenoxy) is 1. The Balaban J connectivity index is 2.09. The zero-order valence-corrected chi connectivity index (χ0v) is 13.6. The van der Waals surface area contributed by atoms with Crippen molar-refractivity contribution in [2.45, 2.75) is 44.0 Å². The Bertz CT molecular complexity index is 570. The molecule has 0 spiro atoms. The SMILES string of the molecule is CC(NC(=O)CC(O)(c1nccn1C)C(F)(F)F)C1CCOCC1. The van der Waals surface area contributed by atoms with E-state index < -0.39 is 29.9 Å². The van der Waals surface area contributed by atoms with Crippen molar-refractivity contribution >= 4 is 5.91 Å². The number of amides is 1. The smallest absolute Gasteiger partial charge is 0.381 e. The van der Waals surface area contributed by atoms with Crippen molar-refractivity contribution in [2.24, 2.45) is 13.0 Å². The molecule has 0 saturated carbocycles. The number of nitrogens with one attached hydrogen (secondary N) is 1. The number of hydrogen-bond donors (Lipinski definition) is 2. The molecule has 1 aliphatic rings. The fraction of sp³-hybridized carbons (Fsp3) is 0.733. The lowest BCUT2D eigenvalue weighted by molar-refractivity contribution is -0.271. The minimum absolute atomic E-state index is 0.148. The van der Waals surface area contributed by atoms with E-state index in [-0.39, 0.29) is 12.0 Å². The molecule has 2 heterocycles. The van der Waals surface area contributed by atoms with Crippen LogP contribution in [0.4, 0.5) is 13.2 Å². The van der Waals surface area contributed by atoms with Crippen LogP contribution < -0.4 is 5.32 Å². The first kappa shape index (κ1) is 18.7. The monoisotopic (exact) mass is 349 g/mol. The average molecular weight is 349 g/mol. The van der Waals surface area contributed by atoms with Gasteiger partial charge in [0, 0.05) is 38.7 Å². The largest absolute Gasteiger partial charge is 0.425 e. The van der Waals surface area contributed by atoms with Gasteiger partial charge in [0.1, 0.15) is 0 Å². The van der Waals surface area contributed by atoms with Crippen LogP contribution in [0.5, 0.6) is 0 Å². The van der Waals surface area contributed by atoms with Gasteiger partial charge in [0.2, 0.25) is 11.5 Å². The van der Waals surface area contributed by atoms with Crippen LogP contribution in [0.2, 0.25) is 0 Å². The normalized spacial score (nSPS) is 20.4. The van der Waals surface area contributed by atoms with E-state index in [1.54, 1.807) is 6.92 Å². The molecule has 0 bridgehead atoms. The molecule has 2 rings (SSSR count). The molecular formula is C15H22F3N3O3. The quantitative estimate of drug-likeness (QED) is 0.845.